The van der Waals surface area contributed by atoms with Gasteiger partial charge in [0.1, 0.15) is 0 Å². The number of likely N-dealkylation sites (N-methyl/N-ethyl adjacent to an activating group) is 1. The number of carbonyl (C=O) groups is 1. The van der Waals surface area contributed by atoms with E-state index in [0.29, 0.717) is 12.1 Å². The SMILES string of the molecule is CNC(C)CNC(=O)c1ccc(CN2CC(C)OC(C)C2)cc1.Cl.Cl. The number of rotatable bonds is 6. The summed E-state index contributed by atoms with van der Waals surface area (Å²) in [4.78, 5) is 14.5. The highest BCUT2D eigenvalue weighted by molar-refractivity contribution is 5.94. The lowest BCUT2D eigenvalue weighted by molar-refractivity contribution is -0.0704. The van der Waals surface area contributed by atoms with Crippen molar-refractivity contribution in [2.75, 3.05) is 26.7 Å². The number of hydrogen-bond acceptors (Lipinski definition) is 4. The first-order valence-corrected chi connectivity index (χ1v) is 8.40. The average molecular weight is 392 g/mol. The molecule has 0 saturated carbocycles. The first-order chi connectivity index (χ1) is 11.0. The molecule has 0 bridgehead atoms. The molecule has 2 N–H and O–H groups in total. The van der Waals surface area contributed by atoms with E-state index in [1.165, 1.54) is 5.56 Å². The van der Waals surface area contributed by atoms with Gasteiger partial charge in [0, 0.05) is 37.8 Å². The van der Waals surface area contributed by atoms with Gasteiger partial charge >= 0.3 is 0 Å². The Morgan fingerprint density at radius 2 is 1.76 bits per heavy atom. The number of nitrogens with one attached hydrogen (secondary N) is 2. The lowest BCUT2D eigenvalue weighted by Gasteiger charge is -2.35. The summed E-state index contributed by atoms with van der Waals surface area (Å²) in [6, 6.07) is 8.16. The van der Waals surface area contributed by atoms with Crippen LogP contribution in [0.4, 0.5) is 0 Å². The first-order valence-electron chi connectivity index (χ1n) is 8.40. The zero-order valence-corrected chi connectivity index (χ0v) is 17.1. The summed E-state index contributed by atoms with van der Waals surface area (Å²) < 4.78 is 5.76. The van der Waals surface area contributed by atoms with Crippen LogP contribution in [0.1, 0.15) is 36.7 Å². The van der Waals surface area contributed by atoms with E-state index in [0.717, 1.165) is 19.6 Å². The van der Waals surface area contributed by atoms with Crippen LogP contribution < -0.4 is 10.6 Å². The maximum absolute atomic E-state index is 12.1. The molecule has 1 amide bonds. The first kappa shape index (κ1) is 24.1. The van der Waals surface area contributed by atoms with Crippen molar-refractivity contribution in [2.45, 2.75) is 45.6 Å². The number of benzene rings is 1. The predicted octanol–water partition coefficient (Wildman–Crippen LogP) is 2.48. The van der Waals surface area contributed by atoms with Crippen LogP contribution in [0.3, 0.4) is 0 Å². The van der Waals surface area contributed by atoms with Gasteiger partial charge in [-0.3, -0.25) is 9.69 Å². The minimum absolute atomic E-state index is 0. The Morgan fingerprint density at radius 3 is 2.28 bits per heavy atom. The molecule has 1 aromatic carbocycles. The molecule has 1 fully saturated rings. The molecule has 2 rings (SSSR count). The van der Waals surface area contributed by atoms with Crippen molar-refractivity contribution in [3.63, 3.8) is 0 Å². The van der Waals surface area contributed by atoms with Crippen LogP contribution in [0.15, 0.2) is 24.3 Å². The van der Waals surface area contributed by atoms with Gasteiger partial charge in [-0.2, -0.15) is 0 Å². The molecule has 1 saturated heterocycles. The molecular weight excluding hydrogens is 361 g/mol. The molecule has 5 nitrogen and oxygen atoms in total. The van der Waals surface area contributed by atoms with Crippen LogP contribution in [0, 0.1) is 0 Å². The second-order valence-corrected chi connectivity index (χ2v) is 6.55. The zero-order chi connectivity index (χ0) is 16.8. The van der Waals surface area contributed by atoms with Crippen LogP contribution >= 0.6 is 24.8 Å². The molecule has 25 heavy (non-hydrogen) atoms. The molecule has 144 valence electrons. The topological polar surface area (TPSA) is 53.6 Å². The van der Waals surface area contributed by atoms with E-state index in [1.54, 1.807) is 0 Å². The van der Waals surface area contributed by atoms with Gasteiger partial charge in [0.2, 0.25) is 0 Å². The predicted molar refractivity (Wildman–Crippen MR) is 107 cm³/mol. The van der Waals surface area contributed by atoms with Crippen LogP contribution in [0.5, 0.6) is 0 Å². The van der Waals surface area contributed by atoms with E-state index in [4.69, 9.17) is 4.74 Å². The number of morpholine rings is 1. The number of amides is 1. The van der Waals surface area contributed by atoms with Gasteiger partial charge in [0.05, 0.1) is 12.2 Å². The molecule has 1 aromatic rings. The van der Waals surface area contributed by atoms with Gasteiger partial charge in [-0.1, -0.05) is 12.1 Å². The Labute approximate surface area is 163 Å². The summed E-state index contributed by atoms with van der Waals surface area (Å²) in [7, 11) is 1.89. The van der Waals surface area contributed by atoms with Crippen molar-refractivity contribution >= 4 is 30.7 Å². The van der Waals surface area contributed by atoms with Crippen LogP contribution in [0.25, 0.3) is 0 Å². The summed E-state index contributed by atoms with van der Waals surface area (Å²) in [5.74, 6) is -0.0210. The van der Waals surface area contributed by atoms with Crippen molar-refractivity contribution < 1.29 is 9.53 Å². The normalized spacial score (nSPS) is 21.6. The molecule has 1 heterocycles. The maximum Gasteiger partial charge on any atom is 0.251 e. The summed E-state index contributed by atoms with van der Waals surface area (Å²) >= 11 is 0. The third-order valence-corrected chi connectivity index (χ3v) is 4.18. The summed E-state index contributed by atoms with van der Waals surface area (Å²) in [5, 5.41) is 6.04. The Bertz CT molecular complexity index is 504. The fourth-order valence-electron chi connectivity index (χ4n) is 2.88. The van der Waals surface area contributed by atoms with E-state index in [1.807, 2.05) is 38.2 Å². The standard InChI is InChI=1S/C18H29N3O2.2ClH/c1-13(19-4)9-20-18(22)17-7-5-16(6-8-17)12-21-10-14(2)23-15(3)11-21;;/h5-8,13-15,19H,9-12H2,1-4H3,(H,20,22);2*1H. The number of nitrogens with zero attached hydrogens (tertiary/aromatic N) is 1. The lowest BCUT2D eigenvalue weighted by Crippen LogP contribution is -2.44. The van der Waals surface area contributed by atoms with Crippen LogP contribution in [0.2, 0.25) is 0 Å². The smallest absolute Gasteiger partial charge is 0.251 e. The number of hydrogen-bond donors (Lipinski definition) is 2. The van der Waals surface area contributed by atoms with E-state index in [2.05, 4.69) is 29.4 Å². The number of halogens is 2. The van der Waals surface area contributed by atoms with Crippen molar-refractivity contribution in [1.82, 2.24) is 15.5 Å². The Balaban J connectivity index is 0.00000288. The van der Waals surface area contributed by atoms with Gasteiger partial charge in [-0.15, -0.1) is 24.8 Å². The molecule has 0 aromatic heterocycles. The minimum atomic E-state index is -0.0210. The average Bonchev–Trinajstić information content (AvgIpc) is 2.52. The molecule has 3 unspecified atom stereocenters. The molecule has 3 atom stereocenters. The Morgan fingerprint density at radius 1 is 1.20 bits per heavy atom. The fourth-order valence-corrected chi connectivity index (χ4v) is 2.88. The third-order valence-electron chi connectivity index (χ3n) is 4.18. The van der Waals surface area contributed by atoms with E-state index in [-0.39, 0.29) is 49.0 Å². The number of carbonyl (C=O) groups excluding carboxylic acids is 1. The lowest BCUT2D eigenvalue weighted by atomic mass is 10.1. The summed E-state index contributed by atoms with van der Waals surface area (Å²) in [6.07, 6.45) is 0.552. The molecule has 1 aliphatic rings. The molecule has 1 aliphatic heterocycles. The van der Waals surface area contributed by atoms with Crippen molar-refractivity contribution in [1.29, 1.82) is 0 Å². The van der Waals surface area contributed by atoms with Crippen molar-refractivity contribution in [2.24, 2.45) is 0 Å². The highest BCUT2D eigenvalue weighted by Crippen LogP contribution is 2.14. The molecule has 7 heteroatoms. The summed E-state index contributed by atoms with van der Waals surface area (Å²) in [5.41, 5.74) is 1.94. The largest absolute Gasteiger partial charge is 0.373 e. The molecule has 0 radical (unpaired) electrons. The van der Waals surface area contributed by atoms with E-state index < -0.39 is 0 Å². The van der Waals surface area contributed by atoms with Gasteiger partial charge < -0.3 is 15.4 Å². The van der Waals surface area contributed by atoms with E-state index >= 15 is 0 Å². The second-order valence-electron chi connectivity index (χ2n) is 6.55. The maximum atomic E-state index is 12.1. The van der Waals surface area contributed by atoms with Crippen molar-refractivity contribution in [3.8, 4) is 0 Å². The number of ether oxygens (including phenoxy) is 1. The highest BCUT2D eigenvalue weighted by Gasteiger charge is 2.22. The van der Waals surface area contributed by atoms with Gasteiger partial charge in [0.25, 0.3) is 5.91 Å². The van der Waals surface area contributed by atoms with E-state index in [9.17, 15) is 4.79 Å². The van der Waals surface area contributed by atoms with Gasteiger partial charge in [-0.25, -0.2) is 0 Å². The van der Waals surface area contributed by atoms with Crippen LogP contribution in [-0.4, -0.2) is 55.7 Å². The zero-order valence-electron chi connectivity index (χ0n) is 15.5. The van der Waals surface area contributed by atoms with Crippen LogP contribution in [-0.2, 0) is 11.3 Å². The molecule has 0 aliphatic carbocycles. The molecule has 0 spiro atoms. The second kappa shape index (κ2) is 11.7. The van der Waals surface area contributed by atoms with Gasteiger partial charge in [-0.05, 0) is 45.5 Å². The quantitative estimate of drug-likeness (QED) is 0.781. The minimum Gasteiger partial charge on any atom is -0.373 e. The van der Waals surface area contributed by atoms with Gasteiger partial charge in [0.15, 0.2) is 0 Å². The Hall–Kier alpha value is -0.850. The fraction of sp³-hybridized carbons (Fsp3) is 0.611. The third kappa shape index (κ3) is 7.92. The summed E-state index contributed by atoms with van der Waals surface area (Å²) in [6.45, 7) is 9.69. The highest BCUT2D eigenvalue weighted by atomic mass is 35.5. The molecular formula is C18H31Cl2N3O2. The monoisotopic (exact) mass is 391 g/mol. The Kier molecular flexibility index (Phi) is 11.3. The van der Waals surface area contributed by atoms with Crippen molar-refractivity contribution in [3.05, 3.63) is 35.4 Å².